The maximum Gasteiger partial charge on any atom is 0.322 e. The molecule has 0 bridgehead atoms. The fourth-order valence-electron chi connectivity index (χ4n) is 3.28. The Morgan fingerprint density at radius 3 is 2.70 bits per heavy atom. The third-order valence-electron chi connectivity index (χ3n) is 4.62. The summed E-state index contributed by atoms with van der Waals surface area (Å²) in [5, 5.41) is 0.962. The van der Waals surface area contributed by atoms with Crippen LogP contribution >= 0.6 is 0 Å². The van der Waals surface area contributed by atoms with E-state index < -0.39 is 0 Å². The Morgan fingerprint density at radius 2 is 1.78 bits per heavy atom. The summed E-state index contributed by atoms with van der Waals surface area (Å²) in [6, 6.07) is 19.8. The summed E-state index contributed by atoms with van der Waals surface area (Å²) in [6.07, 6.45) is 2.44. The molecule has 0 aliphatic carbocycles. The van der Waals surface area contributed by atoms with E-state index in [2.05, 4.69) is 9.97 Å². The van der Waals surface area contributed by atoms with Crippen molar-refractivity contribution in [2.75, 3.05) is 7.11 Å². The molecular weight excluding hydrogens is 340 g/mol. The summed E-state index contributed by atoms with van der Waals surface area (Å²) in [6.45, 7) is 0. The zero-order valence-corrected chi connectivity index (χ0v) is 14.7. The average Bonchev–Trinajstić information content (AvgIpc) is 2.72. The lowest BCUT2D eigenvalue weighted by molar-refractivity contribution is 0.360. The predicted octanol–water partition coefficient (Wildman–Crippen LogP) is 5.13. The van der Waals surface area contributed by atoms with Gasteiger partial charge in [0.15, 0.2) is 11.5 Å². The van der Waals surface area contributed by atoms with Crippen molar-refractivity contribution in [3.8, 4) is 29.0 Å². The van der Waals surface area contributed by atoms with E-state index in [1.807, 2.05) is 60.7 Å². The van der Waals surface area contributed by atoms with Gasteiger partial charge in [0.1, 0.15) is 11.5 Å². The third-order valence-corrected chi connectivity index (χ3v) is 4.62. The molecule has 5 rings (SSSR count). The van der Waals surface area contributed by atoms with E-state index in [0.717, 1.165) is 33.5 Å². The van der Waals surface area contributed by atoms with Crippen LogP contribution in [0.3, 0.4) is 0 Å². The fourth-order valence-corrected chi connectivity index (χ4v) is 3.28. The molecule has 2 heterocycles. The standard InChI is InChI=1S/C22H16N2O3/c1-25-20-11-10-19-16(12-14-6-3-5-9-18(14)26-19)21(20)27-22-23-13-15-7-2-4-8-17(15)24-22/h2-11,13H,12H2,1H3. The second kappa shape index (κ2) is 6.29. The van der Waals surface area contributed by atoms with E-state index in [0.29, 0.717) is 17.9 Å². The number of hydrogen-bond donors (Lipinski definition) is 0. The quantitative estimate of drug-likeness (QED) is 0.449. The van der Waals surface area contributed by atoms with E-state index in [-0.39, 0.29) is 6.01 Å². The fraction of sp³-hybridized carbons (Fsp3) is 0.0909. The van der Waals surface area contributed by atoms with Crippen molar-refractivity contribution >= 4 is 10.9 Å². The SMILES string of the molecule is COc1ccc2c(c1Oc1ncc3ccccc3n1)Cc1ccccc1O2. The molecule has 3 aromatic carbocycles. The first-order valence-electron chi connectivity index (χ1n) is 8.67. The first-order valence-corrected chi connectivity index (χ1v) is 8.67. The van der Waals surface area contributed by atoms with Crippen LogP contribution in [0.15, 0.2) is 66.9 Å². The Hall–Kier alpha value is -3.60. The molecule has 0 fully saturated rings. The van der Waals surface area contributed by atoms with E-state index in [9.17, 15) is 0 Å². The molecular formula is C22H16N2O3. The number of fused-ring (bicyclic) bond motifs is 3. The Balaban J connectivity index is 1.59. The topological polar surface area (TPSA) is 53.5 Å². The number of benzene rings is 3. The van der Waals surface area contributed by atoms with Crippen molar-refractivity contribution in [3.63, 3.8) is 0 Å². The summed E-state index contributed by atoms with van der Waals surface area (Å²) < 4.78 is 17.7. The molecule has 0 atom stereocenters. The van der Waals surface area contributed by atoms with Gasteiger partial charge < -0.3 is 14.2 Å². The molecule has 0 saturated carbocycles. The number of ether oxygens (including phenoxy) is 3. The van der Waals surface area contributed by atoms with Crippen LogP contribution in [0, 0.1) is 0 Å². The van der Waals surface area contributed by atoms with Gasteiger partial charge in [-0.3, -0.25) is 0 Å². The molecule has 0 unspecified atom stereocenters. The molecule has 5 heteroatoms. The van der Waals surface area contributed by atoms with Crippen LogP contribution in [0.25, 0.3) is 10.9 Å². The van der Waals surface area contributed by atoms with E-state index >= 15 is 0 Å². The lowest BCUT2D eigenvalue weighted by atomic mass is 9.99. The van der Waals surface area contributed by atoms with Crippen molar-refractivity contribution < 1.29 is 14.2 Å². The van der Waals surface area contributed by atoms with Gasteiger partial charge in [0, 0.05) is 23.6 Å². The summed E-state index contributed by atoms with van der Waals surface area (Å²) in [5.41, 5.74) is 2.85. The van der Waals surface area contributed by atoms with Crippen LogP contribution < -0.4 is 14.2 Å². The highest BCUT2D eigenvalue weighted by Crippen LogP contribution is 2.46. The van der Waals surface area contributed by atoms with Crippen LogP contribution in [0.2, 0.25) is 0 Å². The van der Waals surface area contributed by atoms with Crippen LogP contribution in [0.4, 0.5) is 0 Å². The Bertz CT molecular complexity index is 1160. The molecule has 1 aromatic heterocycles. The molecule has 5 nitrogen and oxygen atoms in total. The molecule has 0 saturated heterocycles. The zero-order valence-electron chi connectivity index (χ0n) is 14.7. The lowest BCUT2D eigenvalue weighted by Crippen LogP contribution is -2.06. The Morgan fingerprint density at radius 1 is 0.926 bits per heavy atom. The molecule has 0 N–H and O–H groups in total. The molecule has 1 aliphatic heterocycles. The molecule has 4 aromatic rings. The molecule has 0 amide bonds. The van der Waals surface area contributed by atoms with Gasteiger partial charge in [-0.1, -0.05) is 36.4 Å². The minimum Gasteiger partial charge on any atom is -0.493 e. The highest BCUT2D eigenvalue weighted by Gasteiger charge is 2.24. The van der Waals surface area contributed by atoms with E-state index in [1.165, 1.54) is 0 Å². The summed E-state index contributed by atoms with van der Waals surface area (Å²) in [5.74, 6) is 2.82. The van der Waals surface area contributed by atoms with Gasteiger partial charge in [0.25, 0.3) is 0 Å². The molecule has 0 spiro atoms. The maximum absolute atomic E-state index is 6.09. The highest BCUT2D eigenvalue weighted by atomic mass is 16.5. The van der Waals surface area contributed by atoms with Crippen LogP contribution in [0.1, 0.15) is 11.1 Å². The van der Waals surface area contributed by atoms with Crippen LogP contribution in [-0.2, 0) is 6.42 Å². The number of para-hydroxylation sites is 2. The number of aromatic nitrogens is 2. The normalized spacial score (nSPS) is 12.0. The van der Waals surface area contributed by atoms with Gasteiger partial charge in [-0.05, 0) is 29.8 Å². The molecule has 27 heavy (non-hydrogen) atoms. The van der Waals surface area contributed by atoms with Gasteiger partial charge >= 0.3 is 6.01 Å². The molecule has 1 aliphatic rings. The number of methoxy groups -OCH3 is 1. The summed E-state index contributed by atoms with van der Waals surface area (Å²) in [7, 11) is 1.62. The smallest absolute Gasteiger partial charge is 0.322 e. The minimum atomic E-state index is 0.277. The minimum absolute atomic E-state index is 0.277. The van der Waals surface area contributed by atoms with Crippen molar-refractivity contribution in [2.45, 2.75) is 6.42 Å². The van der Waals surface area contributed by atoms with Gasteiger partial charge in [-0.2, -0.15) is 4.98 Å². The lowest BCUT2D eigenvalue weighted by Gasteiger charge is -2.23. The van der Waals surface area contributed by atoms with E-state index in [1.54, 1.807) is 13.3 Å². The molecule has 132 valence electrons. The van der Waals surface area contributed by atoms with Crippen molar-refractivity contribution in [2.24, 2.45) is 0 Å². The number of rotatable bonds is 3. The first kappa shape index (κ1) is 15.6. The van der Waals surface area contributed by atoms with Gasteiger partial charge in [0.2, 0.25) is 0 Å². The number of nitrogens with zero attached hydrogens (tertiary/aromatic N) is 2. The van der Waals surface area contributed by atoms with Gasteiger partial charge in [0.05, 0.1) is 12.6 Å². The average molecular weight is 356 g/mol. The van der Waals surface area contributed by atoms with Gasteiger partial charge in [-0.25, -0.2) is 4.98 Å². The van der Waals surface area contributed by atoms with Gasteiger partial charge in [-0.15, -0.1) is 0 Å². The highest BCUT2D eigenvalue weighted by molar-refractivity contribution is 5.77. The third kappa shape index (κ3) is 2.73. The largest absolute Gasteiger partial charge is 0.493 e. The van der Waals surface area contributed by atoms with Crippen molar-refractivity contribution in [1.29, 1.82) is 0 Å². The maximum atomic E-state index is 6.09. The second-order valence-electron chi connectivity index (χ2n) is 6.27. The van der Waals surface area contributed by atoms with Crippen molar-refractivity contribution in [1.82, 2.24) is 9.97 Å². The van der Waals surface area contributed by atoms with Crippen LogP contribution in [0.5, 0.6) is 29.0 Å². The summed E-state index contributed by atoms with van der Waals surface area (Å²) in [4.78, 5) is 8.85. The Labute approximate surface area is 156 Å². The number of hydrogen-bond acceptors (Lipinski definition) is 5. The molecule has 0 radical (unpaired) electrons. The second-order valence-corrected chi connectivity index (χ2v) is 6.27. The summed E-state index contributed by atoms with van der Waals surface area (Å²) >= 11 is 0. The monoisotopic (exact) mass is 356 g/mol. The predicted molar refractivity (Wildman–Crippen MR) is 102 cm³/mol. The first-order chi connectivity index (χ1) is 13.3. The van der Waals surface area contributed by atoms with Crippen molar-refractivity contribution in [3.05, 3.63) is 78.0 Å². The Kier molecular flexibility index (Phi) is 3.64. The van der Waals surface area contributed by atoms with Crippen LogP contribution in [-0.4, -0.2) is 17.1 Å². The zero-order chi connectivity index (χ0) is 18.2. The van der Waals surface area contributed by atoms with E-state index in [4.69, 9.17) is 14.2 Å².